The SMILES string of the molecule is O=C(CN(C(=O)c1ccccc1)C1CCCCC1)N(Cc1ccc(F)cc1)Cc1cccs1. The predicted octanol–water partition coefficient (Wildman–Crippen LogP) is 5.89. The molecule has 1 aliphatic rings. The fourth-order valence-electron chi connectivity index (χ4n) is 4.38. The third-order valence-corrected chi connectivity index (χ3v) is 7.03. The fraction of sp³-hybridized carbons (Fsp3) is 0.333. The summed E-state index contributed by atoms with van der Waals surface area (Å²) in [5.41, 5.74) is 1.47. The van der Waals surface area contributed by atoms with Crippen molar-refractivity contribution < 1.29 is 14.0 Å². The molecule has 4 rings (SSSR count). The van der Waals surface area contributed by atoms with E-state index in [1.807, 2.05) is 47.8 Å². The number of nitrogens with zero attached hydrogens (tertiary/aromatic N) is 2. The van der Waals surface area contributed by atoms with Crippen LogP contribution in [0.1, 0.15) is 52.9 Å². The molecule has 1 aromatic heterocycles. The minimum atomic E-state index is -0.299. The Hall–Kier alpha value is -2.99. The number of hydrogen-bond donors (Lipinski definition) is 0. The van der Waals surface area contributed by atoms with Crippen LogP contribution < -0.4 is 0 Å². The maximum Gasteiger partial charge on any atom is 0.254 e. The molecular weight excluding hydrogens is 435 g/mol. The van der Waals surface area contributed by atoms with Gasteiger partial charge in [-0.25, -0.2) is 4.39 Å². The van der Waals surface area contributed by atoms with Crippen molar-refractivity contribution in [2.24, 2.45) is 0 Å². The number of rotatable bonds is 8. The number of halogens is 1. The van der Waals surface area contributed by atoms with E-state index in [0.717, 1.165) is 36.1 Å². The zero-order chi connectivity index (χ0) is 23.0. The van der Waals surface area contributed by atoms with E-state index in [1.165, 1.54) is 18.6 Å². The summed E-state index contributed by atoms with van der Waals surface area (Å²) in [4.78, 5) is 31.6. The average Bonchev–Trinajstić information content (AvgIpc) is 3.37. The summed E-state index contributed by atoms with van der Waals surface area (Å²) in [6.07, 6.45) is 5.17. The van der Waals surface area contributed by atoms with E-state index < -0.39 is 0 Å². The summed E-state index contributed by atoms with van der Waals surface area (Å²) >= 11 is 1.60. The molecule has 1 saturated carbocycles. The Labute approximate surface area is 198 Å². The van der Waals surface area contributed by atoms with E-state index in [4.69, 9.17) is 0 Å². The third-order valence-electron chi connectivity index (χ3n) is 6.17. The lowest BCUT2D eigenvalue weighted by Gasteiger charge is -2.35. The first-order valence-electron chi connectivity index (χ1n) is 11.5. The Bertz CT molecular complexity index is 1030. The van der Waals surface area contributed by atoms with E-state index >= 15 is 0 Å². The van der Waals surface area contributed by atoms with Crippen molar-refractivity contribution in [2.75, 3.05) is 6.54 Å². The van der Waals surface area contributed by atoms with E-state index in [2.05, 4.69) is 0 Å². The van der Waals surface area contributed by atoms with Crippen molar-refractivity contribution in [1.29, 1.82) is 0 Å². The van der Waals surface area contributed by atoms with Gasteiger partial charge in [0.05, 0.1) is 6.54 Å². The van der Waals surface area contributed by atoms with Crippen LogP contribution in [-0.4, -0.2) is 34.2 Å². The van der Waals surface area contributed by atoms with Crippen LogP contribution in [0.25, 0.3) is 0 Å². The Morgan fingerprint density at radius 1 is 0.879 bits per heavy atom. The summed E-state index contributed by atoms with van der Waals surface area (Å²) in [6.45, 7) is 0.881. The molecule has 0 spiro atoms. The molecule has 4 nitrogen and oxygen atoms in total. The van der Waals surface area contributed by atoms with Gasteiger partial charge >= 0.3 is 0 Å². The molecular formula is C27H29FN2O2S. The van der Waals surface area contributed by atoms with Gasteiger partial charge in [-0.1, -0.05) is 55.7 Å². The van der Waals surface area contributed by atoms with E-state index in [-0.39, 0.29) is 30.2 Å². The molecule has 1 fully saturated rings. The molecule has 0 radical (unpaired) electrons. The number of hydrogen-bond acceptors (Lipinski definition) is 3. The van der Waals surface area contributed by atoms with Crippen molar-refractivity contribution in [3.63, 3.8) is 0 Å². The van der Waals surface area contributed by atoms with Gasteiger partial charge in [0.2, 0.25) is 5.91 Å². The highest BCUT2D eigenvalue weighted by Crippen LogP contribution is 2.25. The van der Waals surface area contributed by atoms with Crippen molar-refractivity contribution >= 4 is 23.2 Å². The number of carbonyl (C=O) groups excluding carboxylic acids is 2. The Morgan fingerprint density at radius 2 is 1.61 bits per heavy atom. The fourth-order valence-corrected chi connectivity index (χ4v) is 5.10. The Balaban J connectivity index is 1.56. The second-order valence-electron chi connectivity index (χ2n) is 8.55. The first kappa shape index (κ1) is 23.2. The number of benzene rings is 2. The first-order chi connectivity index (χ1) is 16.1. The Kier molecular flexibility index (Phi) is 7.89. The summed E-state index contributed by atoms with van der Waals surface area (Å²) in [5, 5.41) is 1.99. The molecule has 0 saturated heterocycles. The van der Waals surface area contributed by atoms with Crippen LogP contribution in [0.4, 0.5) is 4.39 Å². The molecule has 3 aromatic rings. The molecule has 0 bridgehead atoms. The normalized spacial score (nSPS) is 14.1. The van der Waals surface area contributed by atoms with Gasteiger partial charge in [0.25, 0.3) is 5.91 Å². The highest BCUT2D eigenvalue weighted by Gasteiger charge is 2.29. The van der Waals surface area contributed by atoms with Crippen LogP contribution in [-0.2, 0) is 17.9 Å². The van der Waals surface area contributed by atoms with Gasteiger partial charge in [0.15, 0.2) is 0 Å². The first-order valence-corrected chi connectivity index (χ1v) is 12.4. The monoisotopic (exact) mass is 464 g/mol. The summed E-state index contributed by atoms with van der Waals surface area (Å²) < 4.78 is 13.4. The highest BCUT2D eigenvalue weighted by molar-refractivity contribution is 7.09. The van der Waals surface area contributed by atoms with Crippen LogP contribution in [0.3, 0.4) is 0 Å². The summed E-state index contributed by atoms with van der Waals surface area (Å²) in [7, 11) is 0. The molecule has 0 unspecified atom stereocenters. The molecule has 2 amide bonds. The topological polar surface area (TPSA) is 40.6 Å². The van der Waals surface area contributed by atoms with Crippen molar-refractivity contribution in [1.82, 2.24) is 9.80 Å². The zero-order valence-corrected chi connectivity index (χ0v) is 19.5. The van der Waals surface area contributed by atoms with Gasteiger partial charge in [0, 0.05) is 23.0 Å². The molecule has 0 aliphatic heterocycles. The lowest BCUT2D eigenvalue weighted by atomic mass is 9.93. The van der Waals surface area contributed by atoms with Crippen LogP contribution in [0.5, 0.6) is 0 Å². The van der Waals surface area contributed by atoms with E-state index in [1.54, 1.807) is 33.3 Å². The smallest absolute Gasteiger partial charge is 0.254 e. The summed E-state index contributed by atoms with van der Waals surface area (Å²) in [6, 6.07) is 19.5. The Morgan fingerprint density at radius 3 is 2.27 bits per heavy atom. The quantitative estimate of drug-likeness (QED) is 0.417. The largest absolute Gasteiger partial charge is 0.332 e. The van der Waals surface area contributed by atoms with Gasteiger partial charge in [-0.2, -0.15) is 0 Å². The lowest BCUT2D eigenvalue weighted by Crippen LogP contribution is -2.48. The number of amides is 2. The minimum absolute atomic E-state index is 0.0466. The molecule has 0 N–H and O–H groups in total. The van der Waals surface area contributed by atoms with Crippen molar-refractivity contribution in [3.05, 3.63) is 93.9 Å². The van der Waals surface area contributed by atoms with Gasteiger partial charge in [0.1, 0.15) is 12.4 Å². The maximum atomic E-state index is 13.6. The van der Waals surface area contributed by atoms with Crippen molar-refractivity contribution in [3.8, 4) is 0 Å². The third kappa shape index (κ3) is 6.29. The van der Waals surface area contributed by atoms with Crippen LogP contribution in [0, 0.1) is 5.82 Å². The highest BCUT2D eigenvalue weighted by atomic mass is 32.1. The van der Waals surface area contributed by atoms with Crippen LogP contribution in [0.2, 0.25) is 0 Å². The summed E-state index contributed by atoms with van der Waals surface area (Å²) in [5.74, 6) is -0.483. The number of thiophene rings is 1. The molecule has 0 atom stereocenters. The predicted molar refractivity (Wildman–Crippen MR) is 129 cm³/mol. The zero-order valence-electron chi connectivity index (χ0n) is 18.7. The average molecular weight is 465 g/mol. The van der Waals surface area contributed by atoms with E-state index in [9.17, 15) is 14.0 Å². The van der Waals surface area contributed by atoms with Crippen molar-refractivity contribution in [2.45, 2.75) is 51.2 Å². The molecule has 2 aromatic carbocycles. The molecule has 6 heteroatoms. The maximum absolute atomic E-state index is 13.6. The standard InChI is InChI=1S/C27H29FN2O2S/c28-23-15-13-21(14-16-23)18-29(19-25-12-7-17-33-25)26(31)20-30(24-10-5-2-6-11-24)27(32)22-8-3-1-4-9-22/h1,3-4,7-9,12-17,24H,2,5-6,10-11,18-20H2. The van der Waals surface area contributed by atoms with Crippen LogP contribution >= 0.6 is 11.3 Å². The van der Waals surface area contributed by atoms with Gasteiger partial charge in [-0.05, 0) is 54.1 Å². The van der Waals surface area contributed by atoms with Crippen LogP contribution in [0.15, 0.2) is 72.1 Å². The molecule has 172 valence electrons. The second kappa shape index (κ2) is 11.2. The minimum Gasteiger partial charge on any atom is -0.332 e. The second-order valence-corrected chi connectivity index (χ2v) is 9.58. The lowest BCUT2D eigenvalue weighted by molar-refractivity contribution is -0.133. The molecule has 33 heavy (non-hydrogen) atoms. The van der Waals surface area contributed by atoms with E-state index in [0.29, 0.717) is 18.7 Å². The molecule has 1 heterocycles. The molecule has 1 aliphatic carbocycles. The van der Waals surface area contributed by atoms with Gasteiger partial charge < -0.3 is 9.80 Å². The van der Waals surface area contributed by atoms with Gasteiger partial charge in [-0.15, -0.1) is 11.3 Å². The van der Waals surface area contributed by atoms with Gasteiger partial charge in [-0.3, -0.25) is 9.59 Å². The number of carbonyl (C=O) groups is 2.